The van der Waals surface area contributed by atoms with Crippen LogP contribution in [0.3, 0.4) is 0 Å². The van der Waals surface area contributed by atoms with E-state index in [1.807, 2.05) is 18.2 Å². The Hall–Kier alpha value is -2.20. The molecule has 0 N–H and O–H groups in total. The van der Waals surface area contributed by atoms with Gasteiger partial charge in [-0.2, -0.15) is 0 Å². The maximum Gasteiger partial charge on any atom is 0.346 e. The van der Waals surface area contributed by atoms with E-state index in [9.17, 15) is 9.59 Å². The van der Waals surface area contributed by atoms with Gasteiger partial charge < -0.3 is 9.47 Å². The summed E-state index contributed by atoms with van der Waals surface area (Å²) in [6.45, 7) is 2.02. The first-order valence-corrected chi connectivity index (χ1v) is 11.0. The lowest BCUT2D eigenvalue weighted by Gasteiger charge is -2.40. The number of benzene rings is 1. The predicted molar refractivity (Wildman–Crippen MR) is 109 cm³/mol. The SMILES string of the molecule is CCOC(=O)[C@]12O[C@](c3ccccc3)(CCC1=O)[C@H]1C(=C3CCCCC3)C=C[C@H]12. The molecule has 2 bridgehead atoms. The van der Waals surface area contributed by atoms with Gasteiger partial charge in [0.2, 0.25) is 5.60 Å². The van der Waals surface area contributed by atoms with Crippen LogP contribution in [0.25, 0.3) is 0 Å². The molecular formula is C25H28O4. The second kappa shape index (κ2) is 6.94. The van der Waals surface area contributed by atoms with E-state index in [-0.39, 0.29) is 24.2 Å². The quantitative estimate of drug-likeness (QED) is 0.555. The first kappa shape index (κ1) is 18.8. The Morgan fingerprint density at radius 3 is 2.62 bits per heavy atom. The summed E-state index contributed by atoms with van der Waals surface area (Å²) in [6.07, 6.45) is 11.1. The summed E-state index contributed by atoms with van der Waals surface area (Å²) in [5, 5.41) is 0. The molecular weight excluding hydrogens is 364 g/mol. The number of hydrogen-bond donors (Lipinski definition) is 0. The van der Waals surface area contributed by atoms with Crippen LogP contribution in [0.5, 0.6) is 0 Å². The Balaban J connectivity index is 1.70. The number of ketones is 1. The number of carbonyl (C=O) groups is 2. The molecule has 152 valence electrons. The Kier molecular flexibility index (Phi) is 4.50. The Morgan fingerprint density at radius 2 is 1.90 bits per heavy atom. The largest absolute Gasteiger partial charge is 0.463 e. The number of ether oxygens (including phenoxy) is 2. The summed E-state index contributed by atoms with van der Waals surface area (Å²) in [5.74, 6) is -0.943. The van der Waals surface area contributed by atoms with Crippen molar-refractivity contribution < 1.29 is 19.1 Å². The Bertz CT molecular complexity index is 891. The van der Waals surface area contributed by atoms with Crippen molar-refractivity contribution in [3.05, 3.63) is 59.2 Å². The fourth-order valence-corrected chi connectivity index (χ4v) is 6.12. The molecule has 2 saturated heterocycles. The van der Waals surface area contributed by atoms with Crippen LogP contribution in [0.15, 0.2) is 53.6 Å². The van der Waals surface area contributed by atoms with Crippen molar-refractivity contribution in [3.8, 4) is 0 Å². The number of esters is 1. The lowest BCUT2D eigenvalue weighted by Crippen LogP contribution is -2.55. The Labute approximate surface area is 172 Å². The van der Waals surface area contributed by atoms with Crippen LogP contribution < -0.4 is 0 Å². The van der Waals surface area contributed by atoms with Gasteiger partial charge in [0.15, 0.2) is 5.78 Å². The maximum atomic E-state index is 13.2. The molecule has 1 aromatic rings. The van der Waals surface area contributed by atoms with E-state index in [0.717, 1.165) is 18.4 Å². The zero-order valence-electron chi connectivity index (χ0n) is 17.0. The van der Waals surface area contributed by atoms with Gasteiger partial charge >= 0.3 is 5.97 Å². The average molecular weight is 392 g/mol. The molecule has 4 nitrogen and oxygen atoms in total. The minimum atomic E-state index is -1.51. The van der Waals surface area contributed by atoms with Gasteiger partial charge in [0.25, 0.3) is 0 Å². The molecule has 2 heterocycles. The first-order valence-electron chi connectivity index (χ1n) is 11.0. The fraction of sp³-hybridized carbons (Fsp3) is 0.520. The normalized spacial score (nSPS) is 35.7. The second-order valence-electron chi connectivity index (χ2n) is 8.72. The monoisotopic (exact) mass is 392 g/mol. The van der Waals surface area contributed by atoms with Gasteiger partial charge in [0, 0.05) is 18.3 Å². The van der Waals surface area contributed by atoms with E-state index < -0.39 is 17.2 Å². The predicted octanol–water partition coefficient (Wildman–Crippen LogP) is 4.64. The van der Waals surface area contributed by atoms with Gasteiger partial charge in [-0.3, -0.25) is 4.79 Å². The lowest BCUT2D eigenvalue weighted by atomic mass is 9.71. The van der Waals surface area contributed by atoms with Crippen LogP contribution in [0, 0.1) is 11.8 Å². The van der Waals surface area contributed by atoms with E-state index >= 15 is 0 Å². The number of hydrogen-bond acceptors (Lipinski definition) is 4. The molecule has 2 aliphatic heterocycles. The first-order chi connectivity index (χ1) is 14.1. The summed E-state index contributed by atoms with van der Waals surface area (Å²) in [4.78, 5) is 26.4. The molecule has 1 aromatic carbocycles. The van der Waals surface area contributed by atoms with E-state index in [1.54, 1.807) is 6.92 Å². The highest BCUT2D eigenvalue weighted by molar-refractivity contribution is 6.09. The molecule has 0 spiro atoms. The highest BCUT2D eigenvalue weighted by Crippen LogP contribution is 2.64. The minimum Gasteiger partial charge on any atom is -0.463 e. The third-order valence-electron chi connectivity index (χ3n) is 7.34. The van der Waals surface area contributed by atoms with E-state index in [1.165, 1.54) is 30.4 Å². The molecule has 0 radical (unpaired) electrons. The summed E-state index contributed by atoms with van der Waals surface area (Å²) in [6, 6.07) is 10.2. The van der Waals surface area contributed by atoms with Crippen molar-refractivity contribution in [2.24, 2.45) is 11.8 Å². The van der Waals surface area contributed by atoms with E-state index in [0.29, 0.717) is 12.8 Å². The van der Waals surface area contributed by atoms with Gasteiger partial charge in [0.05, 0.1) is 6.61 Å². The zero-order valence-corrected chi connectivity index (χ0v) is 17.0. The highest BCUT2D eigenvalue weighted by Gasteiger charge is 2.73. The molecule has 1 saturated carbocycles. The van der Waals surface area contributed by atoms with Gasteiger partial charge in [-0.25, -0.2) is 4.79 Å². The van der Waals surface area contributed by atoms with Gasteiger partial charge in [0.1, 0.15) is 5.60 Å². The standard InChI is InChI=1S/C25H28O4/c1-2-28-23(27)25-20-14-13-19(17-9-5-3-6-10-17)22(20)24(29-25,16-15-21(25)26)18-11-7-4-8-12-18/h4,7-8,11-14,20,22H,2-3,5-6,9-10,15-16H2,1H3/t20-,22+,24+,25-/m1/s1. The molecule has 5 rings (SSSR count). The average Bonchev–Trinajstić information content (AvgIpc) is 3.31. The van der Waals surface area contributed by atoms with Gasteiger partial charge in [-0.1, -0.05) is 54.5 Å². The van der Waals surface area contributed by atoms with Crippen molar-refractivity contribution in [2.75, 3.05) is 6.61 Å². The molecule has 3 fully saturated rings. The molecule has 4 atom stereocenters. The molecule has 4 heteroatoms. The fourth-order valence-electron chi connectivity index (χ4n) is 6.12. The van der Waals surface area contributed by atoms with E-state index in [4.69, 9.17) is 9.47 Å². The van der Waals surface area contributed by atoms with Crippen molar-refractivity contribution in [1.82, 2.24) is 0 Å². The number of allylic oxidation sites excluding steroid dienone is 2. The summed E-state index contributed by atoms with van der Waals surface area (Å²) >= 11 is 0. The number of rotatable bonds is 3. The molecule has 2 aliphatic carbocycles. The van der Waals surface area contributed by atoms with Gasteiger partial charge in [-0.05, 0) is 50.2 Å². The topological polar surface area (TPSA) is 52.6 Å². The molecule has 4 aliphatic rings. The van der Waals surface area contributed by atoms with Crippen LogP contribution in [0.1, 0.15) is 57.4 Å². The summed E-state index contributed by atoms with van der Waals surface area (Å²) in [5.41, 5.74) is 1.68. The lowest BCUT2D eigenvalue weighted by molar-refractivity contribution is -0.197. The second-order valence-corrected chi connectivity index (χ2v) is 8.72. The van der Waals surface area contributed by atoms with Crippen molar-refractivity contribution >= 4 is 11.8 Å². The Morgan fingerprint density at radius 1 is 1.14 bits per heavy atom. The van der Waals surface area contributed by atoms with Crippen molar-refractivity contribution in [2.45, 2.75) is 63.1 Å². The summed E-state index contributed by atoms with van der Waals surface area (Å²) < 4.78 is 12.1. The molecule has 0 aromatic heterocycles. The zero-order chi connectivity index (χ0) is 20.1. The third kappa shape index (κ3) is 2.54. The third-order valence-corrected chi connectivity index (χ3v) is 7.34. The van der Waals surface area contributed by atoms with Crippen LogP contribution in [0.4, 0.5) is 0 Å². The van der Waals surface area contributed by atoms with Crippen LogP contribution in [-0.4, -0.2) is 24.0 Å². The van der Waals surface area contributed by atoms with Crippen LogP contribution >= 0.6 is 0 Å². The highest BCUT2D eigenvalue weighted by atomic mass is 16.6. The van der Waals surface area contributed by atoms with E-state index in [2.05, 4.69) is 24.3 Å². The molecule has 29 heavy (non-hydrogen) atoms. The van der Waals surface area contributed by atoms with Crippen LogP contribution in [-0.2, 0) is 24.7 Å². The van der Waals surface area contributed by atoms with Crippen LogP contribution in [0.2, 0.25) is 0 Å². The molecule has 0 unspecified atom stereocenters. The van der Waals surface area contributed by atoms with Crippen molar-refractivity contribution in [3.63, 3.8) is 0 Å². The minimum absolute atomic E-state index is 0.00569. The number of Topliss-reactive ketones (excluding diaryl/α,β-unsaturated/α-hetero) is 1. The summed E-state index contributed by atoms with van der Waals surface area (Å²) in [7, 11) is 0. The number of fused-ring (bicyclic) bond motifs is 5. The maximum absolute atomic E-state index is 13.2. The van der Waals surface area contributed by atoms with Gasteiger partial charge in [-0.15, -0.1) is 0 Å². The molecule has 0 amide bonds. The smallest absolute Gasteiger partial charge is 0.346 e. The van der Waals surface area contributed by atoms with Crippen molar-refractivity contribution in [1.29, 1.82) is 0 Å². The number of carbonyl (C=O) groups excluding carboxylic acids is 2.